The van der Waals surface area contributed by atoms with Gasteiger partial charge in [0.25, 0.3) is 0 Å². The van der Waals surface area contributed by atoms with Gasteiger partial charge in [0, 0.05) is 18.2 Å². The molecule has 0 aromatic heterocycles. The molecule has 0 spiro atoms. The number of benzene rings is 1. The molecule has 0 heterocycles. The third-order valence-electron chi connectivity index (χ3n) is 4.10. The Kier molecular flexibility index (Phi) is 4.95. The van der Waals surface area contributed by atoms with E-state index < -0.39 is 0 Å². The Morgan fingerprint density at radius 2 is 2.15 bits per heavy atom. The Morgan fingerprint density at radius 3 is 2.80 bits per heavy atom. The molecule has 0 amide bonds. The minimum Gasteiger partial charge on any atom is -0.409 e. The molecule has 1 fully saturated rings. The number of nitrogens with zero attached hydrogens (tertiary/aromatic N) is 1. The van der Waals surface area contributed by atoms with Crippen LogP contribution in [0.25, 0.3) is 0 Å². The van der Waals surface area contributed by atoms with Crippen molar-refractivity contribution in [3.63, 3.8) is 0 Å². The zero-order valence-corrected chi connectivity index (χ0v) is 11.8. The molecule has 4 N–H and O–H groups in total. The molecule has 20 heavy (non-hydrogen) atoms. The molecule has 1 atom stereocenters. The van der Waals surface area contributed by atoms with E-state index in [1.165, 1.54) is 37.8 Å². The third kappa shape index (κ3) is 3.70. The lowest BCUT2D eigenvalue weighted by molar-refractivity contribution is 0.318. The van der Waals surface area contributed by atoms with Crippen LogP contribution in [0, 0.1) is 11.7 Å². The predicted molar refractivity (Wildman–Crippen MR) is 77.2 cm³/mol. The van der Waals surface area contributed by atoms with Gasteiger partial charge in [0.2, 0.25) is 0 Å². The smallest absolute Gasteiger partial charge is 0.170 e. The molecule has 2 rings (SSSR count). The molecular weight excluding hydrogens is 257 g/mol. The van der Waals surface area contributed by atoms with E-state index in [0.29, 0.717) is 24.1 Å². The van der Waals surface area contributed by atoms with Gasteiger partial charge < -0.3 is 16.3 Å². The van der Waals surface area contributed by atoms with Crippen LogP contribution in [-0.2, 0) is 6.54 Å². The SMILES string of the molecule is C[C@@H](NCc1cc(F)cc(/C(N)=N/O)c1)C1CCCC1. The second-order valence-electron chi connectivity index (χ2n) is 5.55. The minimum atomic E-state index is -0.376. The lowest BCUT2D eigenvalue weighted by Gasteiger charge is -2.20. The second kappa shape index (κ2) is 6.70. The second-order valence-corrected chi connectivity index (χ2v) is 5.55. The van der Waals surface area contributed by atoms with E-state index in [1.54, 1.807) is 6.07 Å². The summed E-state index contributed by atoms with van der Waals surface area (Å²) >= 11 is 0. The van der Waals surface area contributed by atoms with Crippen LogP contribution >= 0.6 is 0 Å². The molecule has 0 unspecified atom stereocenters. The van der Waals surface area contributed by atoms with Gasteiger partial charge in [0.15, 0.2) is 5.84 Å². The fourth-order valence-corrected chi connectivity index (χ4v) is 2.86. The van der Waals surface area contributed by atoms with Crippen molar-refractivity contribution in [3.8, 4) is 0 Å². The van der Waals surface area contributed by atoms with E-state index in [4.69, 9.17) is 10.9 Å². The number of nitrogens with one attached hydrogen (secondary N) is 1. The summed E-state index contributed by atoms with van der Waals surface area (Å²) in [5.41, 5.74) is 6.70. The number of hydrogen-bond donors (Lipinski definition) is 3. The molecular formula is C15H22FN3O. The lowest BCUT2D eigenvalue weighted by Crippen LogP contribution is -2.31. The first-order chi connectivity index (χ1) is 9.60. The van der Waals surface area contributed by atoms with Crippen molar-refractivity contribution in [2.75, 3.05) is 0 Å². The molecule has 1 saturated carbocycles. The summed E-state index contributed by atoms with van der Waals surface area (Å²) in [5, 5.41) is 15.0. The molecule has 0 saturated heterocycles. The summed E-state index contributed by atoms with van der Waals surface area (Å²) in [4.78, 5) is 0. The van der Waals surface area contributed by atoms with Crippen LogP contribution < -0.4 is 11.1 Å². The first-order valence-corrected chi connectivity index (χ1v) is 7.11. The summed E-state index contributed by atoms with van der Waals surface area (Å²) in [6.07, 6.45) is 5.16. The van der Waals surface area contributed by atoms with Crippen molar-refractivity contribution >= 4 is 5.84 Å². The zero-order chi connectivity index (χ0) is 14.5. The zero-order valence-electron chi connectivity index (χ0n) is 11.8. The van der Waals surface area contributed by atoms with Crippen molar-refractivity contribution in [2.24, 2.45) is 16.8 Å². The third-order valence-corrected chi connectivity index (χ3v) is 4.10. The molecule has 110 valence electrons. The Bertz CT molecular complexity index is 484. The Balaban J connectivity index is 2.00. The summed E-state index contributed by atoms with van der Waals surface area (Å²) in [6.45, 7) is 2.76. The standard InChI is InChI=1S/C15H22FN3O/c1-10(12-4-2-3-5-12)18-9-11-6-13(15(17)19-20)8-14(16)7-11/h6-8,10,12,18,20H,2-5,9H2,1H3,(H2,17,19)/t10-/m1/s1. The minimum absolute atomic E-state index is 0.0745. The molecule has 0 radical (unpaired) electrons. The van der Waals surface area contributed by atoms with Gasteiger partial charge in [-0.1, -0.05) is 18.0 Å². The van der Waals surface area contributed by atoms with Crippen molar-refractivity contribution in [2.45, 2.75) is 45.2 Å². The van der Waals surface area contributed by atoms with Crippen LogP contribution in [0.3, 0.4) is 0 Å². The number of oxime groups is 1. The van der Waals surface area contributed by atoms with Crippen LogP contribution in [0.2, 0.25) is 0 Å². The summed E-state index contributed by atoms with van der Waals surface area (Å²) in [6, 6.07) is 4.90. The van der Waals surface area contributed by atoms with Crippen molar-refractivity contribution in [1.82, 2.24) is 5.32 Å². The summed E-state index contributed by atoms with van der Waals surface area (Å²) in [7, 11) is 0. The fourth-order valence-electron chi connectivity index (χ4n) is 2.86. The number of amidine groups is 1. The molecule has 1 aromatic carbocycles. The first kappa shape index (κ1) is 14.8. The molecule has 0 aliphatic heterocycles. The highest BCUT2D eigenvalue weighted by Crippen LogP contribution is 2.27. The maximum atomic E-state index is 13.5. The lowest BCUT2D eigenvalue weighted by atomic mass is 9.99. The quantitative estimate of drug-likeness (QED) is 0.336. The molecule has 5 heteroatoms. The number of halogens is 1. The highest BCUT2D eigenvalue weighted by atomic mass is 19.1. The molecule has 1 aliphatic carbocycles. The van der Waals surface area contributed by atoms with Gasteiger partial charge in [0.05, 0.1) is 0 Å². The number of hydrogen-bond acceptors (Lipinski definition) is 3. The van der Waals surface area contributed by atoms with Gasteiger partial charge in [-0.05, 0) is 49.4 Å². The number of rotatable bonds is 5. The summed E-state index contributed by atoms with van der Waals surface area (Å²) < 4.78 is 13.5. The van der Waals surface area contributed by atoms with E-state index in [1.807, 2.05) is 0 Å². The highest BCUT2D eigenvalue weighted by Gasteiger charge is 2.20. The van der Waals surface area contributed by atoms with Gasteiger partial charge >= 0.3 is 0 Å². The molecule has 4 nitrogen and oxygen atoms in total. The molecule has 1 aliphatic rings. The van der Waals surface area contributed by atoms with E-state index in [2.05, 4.69) is 17.4 Å². The maximum absolute atomic E-state index is 13.5. The van der Waals surface area contributed by atoms with Crippen LogP contribution in [0.4, 0.5) is 4.39 Å². The largest absolute Gasteiger partial charge is 0.409 e. The Morgan fingerprint density at radius 1 is 1.45 bits per heavy atom. The van der Waals surface area contributed by atoms with Crippen molar-refractivity contribution in [3.05, 3.63) is 35.1 Å². The average molecular weight is 279 g/mol. The van der Waals surface area contributed by atoms with Crippen LogP contribution in [0.5, 0.6) is 0 Å². The van der Waals surface area contributed by atoms with Gasteiger partial charge in [-0.3, -0.25) is 0 Å². The highest BCUT2D eigenvalue weighted by molar-refractivity contribution is 5.97. The Labute approximate surface area is 118 Å². The van der Waals surface area contributed by atoms with Crippen LogP contribution in [0.15, 0.2) is 23.4 Å². The first-order valence-electron chi connectivity index (χ1n) is 7.11. The summed E-state index contributed by atoms with van der Waals surface area (Å²) in [5.74, 6) is 0.265. The van der Waals surface area contributed by atoms with Gasteiger partial charge in [-0.15, -0.1) is 0 Å². The van der Waals surface area contributed by atoms with E-state index in [9.17, 15) is 4.39 Å². The van der Waals surface area contributed by atoms with Crippen molar-refractivity contribution < 1.29 is 9.60 Å². The molecule has 0 bridgehead atoms. The maximum Gasteiger partial charge on any atom is 0.170 e. The average Bonchev–Trinajstić information content (AvgIpc) is 2.97. The molecule has 1 aromatic rings. The van der Waals surface area contributed by atoms with Crippen LogP contribution in [-0.4, -0.2) is 17.1 Å². The van der Waals surface area contributed by atoms with Crippen LogP contribution in [0.1, 0.15) is 43.7 Å². The van der Waals surface area contributed by atoms with E-state index in [0.717, 1.165) is 5.56 Å². The predicted octanol–water partition coefficient (Wildman–Crippen LogP) is 2.59. The van der Waals surface area contributed by atoms with E-state index >= 15 is 0 Å². The number of nitrogens with two attached hydrogens (primary N) is 1. The topological polar surface area (TPSA) is 70.6 Å². The van der Waals surface area contributed by atoms with Gasteiger partial charge in [0.1, 0.15) is 5.82 Å². The normalized spacial score (nSPS) is 18.4. The van der Waals surface area contributed by atoms with Gasteiger partial charge in [-0.25, -0.2) is 4.39 Å². The monoisotopic (exact) mass is 279 g/mol. The Hall–Kier alpha value is -1.62. The van der Waals surface area contributed by atoms with Gasteiger partial charge in [-0.2, -0.15) is 0 Å². The van der Waals surface area contributed by atoms with Crippen molar-refractivity contribution in [1.29, 1.82) is 0 Å². The fraction of sp³-hybridized carbons (Fsp3) is 0.533. The van der Waals surface area contributed by atoms with E-state index in [-0.39, 0.29) is 11.7 Å².